The molecule has 0 heterocycles. The number of carbonyl (C=O) groups is 1. The molecule has 0 aliphatic heterocycles. The van der Waals surface area contributed by atoms with Gasteiger partial charge in [-0.3, -0.25) is 4.79 Å². The van der Waals surface area contributed by atoms with Crippen LogP contribution >= 0.6 is 23.2 Å². The molecule has 0 unspecified atom stereocenters. The summed E-state index contributed by atoms with van der Waals surface area (Å²) in [6, 6.07) is 12.3. The van der Waals surface area contributed by atoms with E-state index in [0.29, 0.717) is 27.2 Å². The van der Waals surface area contributed by atoms with Crippen LogP contribution in [0.2, 0.25) is 10.0 Å². The van der Waals surface area contributed by atoms with E-state index in [1.807, 2.05) is 12.1 Å². The number of ether oxygens (including phenoxy) is 1. The minimum atomic E-state index is -0.226. The molecule has 2 rings (SSSR count). The van der Waals surface area contributed by atoms with Gasteiger partial charge < -0.3 is 15.4 Å². The second-order valence-electron chi connectivity index (χ2n) is 4.20. The molecule has 0 saturated carbocycles. The Kier molecular flexibility index (Phi) is 5.31. The van der Waals surface area contributed by atoms with Gasteiger partial charge in [0.1, 0.15) is 5.75 Å². The Hall–Kier alpha value is -1.91. The van der Waals surface area contributed by atoms with Gasteiger partial charge in [-0.2, -0.15) is 0 Å². The average Bonchev–Trinajstić information content (AvgIpc) is 2.47. The van der Waals surface area contributed by atoms with E-state index in [2.05, 4.69) is 10.6 Å². The molecule has 2 aromatic rings. The van der Waals surface area contributed by atoms with E-state index < -0.39 is 0 Å². The molecule has 0 aromatic heterocycles. The summed E-state index contributed by atoms with van der Waals surface area (Å²) in [6.45, 7) is 0.0432. The molecular weight excluding hydrogens is 311 g/mol. The maximum Gasteiger partial charge on any atom is 0.243 e. The maximum atomic E-state index is 12.0. The molecule has 110 valence electrons. The Morgan fingerprint density at radius 1 is 1.10 bits per heavy atom. The lowest BCUT2D eigenvalue weighted by Crippen LogP contribution is -2.22. The first-order chi connectivity index (χ1) is 10.1. The Morgan fingerprint density at radius 3 is 2.43 bits per heavy atom. The average molecular weight is 325 g/mol. The van der Waals surface area contributed by atoms with Crippen LogP contribution in [0.15, 0.2) is 42.5 Å². The second-order valence-corrected chi connectivity index (χ2v) is 5.01. The van der Waals surface area contributed by atoms with Gasteiger partial charge in [-0.15, -0.1) is 0 Å². The molecule has 21 heavy (non-hydrogen) atoms. The summed E-state index contributed by atoms with van der Waals surface area (Å²) in [5, 5.41) is 6.61. The van der Waals surface area contributed by atoms with Crippen LogP contribution in [-0.4, -0.2) is 19.6 Å². The molecule has 0 radical (unpaired) electrons. The SMILES string of the molecule is COc1ccccc1NC(=O)CNc1c(Cl)cccc1Cl. The largest absolute Gasteiger partial charge is 0.495 e. The van der Waals surface area contributed by atoms with Crippen molar-refractivity contribution < 1.29 is 9.53 Å². The molecule has 4 nitrogen and oxygen atoms in total. The predicted molar refractivity (Wildman–Crippen MR) is 86.6 cm³/mol. The highest BCUT2D eigenvalue weighted by Crippen LogP contribution is 2.29. The van der Waals surface area contributed by atoms with Gasteiger partial charge in [-0.25, -0.2) is 0 Å². The third-order valence-corrected chi connectivity index (χ3v) is 3.40. The third kappa shape index (κ3) is 4.03. The highest BCUT2D eigenvalue weighted by Gasteiger charge is 2.09. The zero-order valence-corrected chi connectivity index (χ0v) is 12.8. The van der Waals surface area contributed by atoms with Crippen LogP contribution in [0.4, 0.5) is 11.4 Å². The number of hydrogen-bond donors (Lipinski definition) is 2. The molecular formula is C15H14Cl2N2O2. The Balaban J connectivity index is 1.99. The number of para-hydroxylation sites is 3. The van der Waals surface area contributed by atoms with Crippen LogP contribution in [0.3, 0.4) is 0 Å². The summed E-state index contributed by atoms with van der Waals surface area (Å²) in [4.78, 5) is 12.0. The van der Waals surface area contributed by atoms with Crippen LogP contribution in [-0.2, 0) is 4.79 Å². The van der Waals surface area contributed by atoms with Gasteiger partial charge in [0.05, 0.1) is 35.1 Å². The molecule has 6 heteroatoms. The van der Waals surface area contributed by atoms with Crippen molar-refractivity contribution >= 4 is 40.5 Å². The van der Waals surface area contributed by atoms with Gasteiger partial charge in [0, 0.05) is 0 Å². The highest BCUT2D eigenvalue weighted by molar-refractivity contribution is 6.39. The number of halogens is 2. The Bertz CT molecular complexity index is 627. The predicted octanol–water partition coefficient (Wildman–Crippen LogP) is 4.05. The van der Waals surface area contributed by atoms with Gasteiger partial charge in [-0.05, 0) is 24.3 Å². The smallest absolute Gasteiger partial charge is 0.243 e. The van der Waals surface area contributed by atoms with Crippen LogP contribution in [0, 0.1) is 0 Å². The van der Waals surface area contributed by atoms with Crippen LogP contribution < -0.4 is 15.4 Å². The Morgan fingerprint density at radius 2 is 1.76 bits per heavy atom. The summed E-state index contributed by atoms with van der Waals surface area (Å²) in [6.07, 6.45) is 0. The number of rotatable bonds is 5. The minimum Gasteiger partial charge on any atom is -0.495 e. The first-order valence-corrected chi connectivity index (χ1v) is 6.98. The van der Waals surface area contributed by atoms with Crippen molar-refractivity contribution in [1.82, 2.24) is 0 Å². The molecule has 0 aliphatic rings. The third-order valence-electron chi connectivity index (χ3n) is 2.77. The normalized spacial score (nSPS) is 10.0. The van der Waals surface area contributed by atoms with Crippen LogP contribution in [0.5, 0.6) is 5.75 Å². The fourth-order valence-electron chi connectivity index (χ4n) is 1.78. The van der Waals surface area contributed by atoms with Crippen molar-refractivity contribution in [3.8, 4) is 5.75 Å². The van der Waals surface area contributed by atoms with Crippen molar-refractivity contribution in [3.05, 3.63) is 52.5 Å². The number of nitrogens with one attached hydrogen (secondary N) is 2. The van der Waals surface area contributed by atoms with E-state index in [1.54, 1.807) is 37.4 Å². The van der Waals surface area contributed by atoms with E-state index in [1.165, 1.54) is 0 Å². The molecule has 1 amide bonds. The summed E-state index contributed by atoms with van der Waals surface area (Å²) in [5.74, 6) is 0.372. The van der Waals surface area contributed by atoms with Gasteiger partial charge >= 0.3 is 0 Å². The standard InChI is InChI=1S/C15H14Cl2N2O2/c1-21-13-8-3-2-7-12(13)19-14(20)9-18-15-10(16)5-4-6-11(15)17/h2-8,18H,9H2,1H3,(H,19,20). The van der Waals surface area contributed by atoms with E-state index in [4.69, 9.17) is 27.9 Å². The topological polar surface area (TPSA) is 50.4 Å². The summed E-state index contributed by atoms with van der Waals surface area (Å²) >= 11 is 12.0. The molecule has 0 aliphatic carbocycles. The highest BCUT2D eigenvalue weighted by atomic mass is 35.5. The molecule has 0 saturated heterocycles. The molecule has 0 spiro atoms. The van der Waals surface area contributed by atoms with Crippen molar-refractivity contribution in [2.45, 2.75) is 0 Å². The lowest BCUT2D eigenvalue weighted by atomic mass is 10.3. The summed E-state index contributed by atoms with van der Waals surface area (Å²) in [7, 11) is 1.55. The minimum absolute atomic E-state index is 0.0432. The first kappa shape index (κ1) is 15.5. The lowest BCUT2D eigenvalue weighted by Gasteiger charge is -2.12. The quantitative estimate of drug-likeness (QED) is 0.872. The van der Waals surface area contributed by atoms with E-state index in [-0.39, 0.29) is 12.5 Å². The van der Waals surface area contributed by atoms with Crippen LogP contribution in [0.1, 0.15) is 0 Å². The fourth-order valence-corrected chi connectivity index (χ4v) is 2.31. The maximum absolute atomic E-state index is 12.0. The number of hydrogen-bond acceptors (Lipinski definition) is 3. The number of carbonyl (C=O) groups excluding carboxylic acids is 1. The number of amides is 1. The summed E-state index contributed by atoms with van der Waals surface area (Å²) < 4.78 is 5.17. The summed E-state index contributed by atoms with van der Waals surface area (Å²) in [5.41, 5.74) is 1.15. The first-order valence-electron chi connectivity index (χ1n) is 6.22. The molecule has 0 bridgehead atoms. The lowest BCUT2D eigenvalue weighted by molar-refractivity contribution is -0.114. The molecule has 0 fully saturated rings. The van der Waals surface area contributed by atoms with E-state index in [9.17, 15) is 4.79 Å². The van der Waals surface area contributed by atoms with Crippen molar-refractivity contribution in [1.29, 1.82) is 0 Å². The van der Waals surface area contributed by atoms with Gasteiger partial charge in [0.2, 0.25) is 5.91 Å². The molecule has 2 aromatic carbocycles. The van der Waals surface area contributed by atoms with E-state index >= 15 is 0 Å². The van der Waals surface area contributed by atoms with Crippen molar-refractivity contribution in [2.24, 2.45) is 0 Å². The fraction of sp³-hybridized carbons (Fsp3) is 0.133. The van der Waals surface area contributed by atoms with E-state index in [0.717, 1.165) is 0 Å². The second kappa shape index (κ2) is 7.20. The zero-order valence-electron chi connectivity index (χ0n) is 11.3. The zero-order chi connectivity index (χ0) is 15.2. The van der Waals surface area contributed by atoms with Crippen LogP contribution in [0.25, 0.3) is 0 Å². The van der Waals surface area contributed by atoms with Crippen molar-refractivity contribution in [3.63, 3.8) is 0 Å². The van der Waals surface area contributed by atoms with Gasteiger partial charge in [0.15, 0.2) is 0 Å². The molecule has 0 atom stereocenters. The Labute approximate surface area is 133 Å². The van der Waals surface area contributed by atoms with Crippen molar-refractivity contribution in [2.75, 3.05) is 24.3 Å². The molecule has 2 N–H and O–H groups in total. The monoisotopic (exact) mass is 324 g/mol. The number of methoxy groups -OCH3 is 1. The van der Waals surface area contributed by atoms with Gasteiger partial charge in [0.25, 0.3) is 0 Å². The van der Waals surface area contributed by atoms with Gasteiger partial charge in [-0.1, -0.05) is 41.4 Å². The number of benzene rings is 2. The number of anilines is 2.